The van der Waals surface area contributed by atoms with Crippen LogP contribution in [0.15, 0.2) is 17.2 Å². The highest BCUT2D eigenvalue weighted by molar-refractivity contribution is 5.87. The Morgan fingerprint density at radius 1 is 1.62 bits per heavy atom. The number of phenolic OH excluding ortho intramolecular Hbond substituents is 1. The molecule has 1 amide bonds. The molecule has 13 heteroatoms. The molecule has 0 spiro atoms. The maximum Gasteiger partial charge on any atom is 0.274 e. The lowest BCUT2D eigenvalue weighted by atomic mass is 10.2. The number of carbonyl (C=O) groups excluding carboxylic acids is 1. The quantitative estimate of drug-likeness (QED) is 0.339. The smallest absolute Gasteiger partial charge is 0.274 e. The van der Waals surface area contributed by atoms with Crippen LogP contribution in [0.5, 0.6) is 11.5 Å². The molecule has 0 aliphatic carbocycles. The first-order valence-electron chi connectivity index (χ1n) is 6.31. The van der Waals surface area contributed by atoms with Crippen molar-refractivity contribution in [3.05, 3.63) is 27.8 Å². The Hall–Kier alpha value is -3.77. The number of hydrogen-bond acceptors (Lipinski definition) is 10. The van der Waals surface area contributed by atoms with Crippen LogP contribution in [0.1, 0.15) is 5.56 Å². The molecule has 0 unspecified atom stereocenters. The van der Waals surface area contributed by atoms with Gasteiger partial charge in [-0.25, -0.2) is 5.43 Å². The number of hydrazone groups is 1. The first-order chi connectivity index (χ1) is 11.4. The van der Waals surface area contributed by atoms with Crippen LogP contribution in [0.2, 0.25) is 0 Å². The number of rotatable bonds is 6. The number of anilines is 1. The van der Waals surface area contributed by atoms with E-state index in [2.05, 4.69) is 25.9 Å². The van der Waals surface area contributed by atoms with Crippen LogP contribution in [0, 0.1) is 10.1 Å². The van der Waals surface area contributed by atoms with Gasteiger partial charge in [0.15, 0.2) is 11.5 Å². The van der Waals surface area contributed by atoms with Gasteiger partial charge in [0.1, 0.15) is 6.54 Å². The van der Waals surface area contributed by atoms with Gasteiger partial charge in [-0.15, -0.1) is 5.10 Å². The molecule has 13 nitrogen and oxygen atoms in total. The lowest BCUT2D eigenvalue weighted by Crippen LogP contribution is -2.24. The van der Waals surface area contributed by atoms with E-state index in [9.17, 15) is 20.0 Å². The number of non-ortho nitro benzene ring substituents is 1. The van der Waals surface area contributed by atoms with Crippen molar-refractivity contribution in [2.75, 3.05) is 12.8 Å². The molecule has 2 aromatic rings. The molecule has 0 atom stereocenters. The topological polar surface area (TPSA) is 184 Å². The number of amides is 1. The first kappa shape index (κ1) is 16.6. The number of methoxy groups -OCH3 is 1. The molecule has 0 aliphatic heterocycles. The van der Waals surface area contributed by atoms with Crippen LogP contribution in [0.3, 0.4) is 0 Å². The van der Waals surface area contributed by atoms with Gasteiger partial charge >= 0.3 is 0 Å². The van der Waals surface area contributed by atoms with Crippen molar-refractivity contribution in [3.8, 4) is 11.5 Å². The summed E-state index contributed by atoms with van der Waals surface area (Å²) in [5, 5.41) is 34.8. The third-order valence-electron chi connectivity index (χ3n) is 2.67. The average Bonchev–Trinajstić information content (AvgIpc) is 2.93. The van der Waals surface area contributed by atoms with Gasteiger partial charge in [0.2, 0.25) is 0 Å². The van der Waals surface area contributed by atoms with E-state index in [1.165, 1.54) is 7.11 Å². The average molecular weight is 336 g/mol. The van der Waals surface area contributed by atoms with Gasteiger partial charge in [-0.2, -0.15) is 9.90 Å². The number of nitro groups is 1. The molecular weight excluding hydrogens is 324 g/mol. The van der Waals surface area contributed by atoms with Crippen molar-refractivity contribution in [2.24, 2.45) is 5.10 Å². The molecule has 4 N–H and O–H groups in total. The van der Waals surface area contributed by atoms with Crippen molar-refractivity contribution in [1.29, 1.82) is 0 Å². The third-order valence-corrected chi connectivity index (χ3v) is 2.67. The molecule has 0 saturated heterocycles. The number of nitrogen functional groups attached to an aromatic ring is 1. The second-order valence-corrected chi connectivity index (χ2v) is 4.31. The van der Waals surface area contributed by atoms with Crippen LogP contribution >= 0.6 is 0 Å². The van der Waals surface area contributed by atoms with Crippen molar-refractivity contribution >= 4 is 23.8 Å². The van der Waals surface area contributed by atoms with E-state index in [1.54, 1.807) is 0 Å². The number of nitrogens with zero attached hydrogens (tertiary/aromatic N) is 6. The van der Waals surface area contributed by atoms with Crippen LogP contribution in [-0.2, 0) is 11.3 Å². The van der Waals surface area contributed by atoms with Crippen LogP contribution in [-0.4, -0.2) is 49.5 Å². The van der Waals surface area contributed by atoms with Crippen molar-refractivity contribution < 1.29 is 19.6 Å². The number of tetrazole rings is 1. The Labute approximate surface area is 133 Å². The zero-order valence-corrected chi connectivity index (χ0v) is 12.3. The summed E-state index contributed by atoms with van der Waals surface area (Å²) in [6, 6.07) is 2.14. The molecule has 1 aromatic carbocycles. The minimum absolute atomic E-state index is 0.00975. The molecule has 0 fully saturated rings. The molecule has 24 heavy (non-hydrogen) atoms. The summed E-state index contributed by atoms with van der Waals surface area (Å²) in [6.07, 6.45) is 1.03. The van der Waals surface area contributed by atoms with Crippen molar-refractivity contribution in [1.82, 2.24) is 25.6 Å². The maximum atomic E-state index is 11.6. The van der Waals surface area contributed by atoms with Crippen LogP contribution in [0.25, 0.3) is 0 Å². The molecule has 0 aliphatic rings. The first-order valence-corrected chi connectivity index (χ1v) is 6.31. The highest BCUT2D eigenvalue weighted by Crippen LogP contribution is 2.33. The fraction of sp³-hybridized carbons (Fsp3) is 0.182. The Morgan fingerprint density at radius 3 is 2.96 bits per heavy atom. The maximum absolute atomic E-state index is 11.6. The Bertz CT molecular complexity index is 802. The fourth-order valence-corrected chi connectivity index (χ4v) is 1.63. The van der Waals surface area contributed by atoms with Crippen LogP contribution in [0.4, 0.5) is 11.6 Å². The Morgan fingerprint density at radius 2 is 2.38 bits per heavy atom. The number of nitrogens with two attached hydrogens (primary N) is 1. The summed E-state index contributed by atoms with van der Waals surface area (Å²) in [4.78, 5) is 22.7. The molecule has 2 rings (SSSR count). The van der Waals surface area contributed by atoms with Crippen molar-refractivity contribution in [2.45, 2.75) is 6.54 Å². The van der Waals surface area contributed by atoms with E-state index < -0.39 is 10.8 Å². The molecule has 0 radical (unpaired) electrons. The van der Waals surface area contributed by atoms with E-state index in [-0.39, 0.29) is 35.2 Å². The summed E-state index contributed by atoms with van der Waals surface area (Å²) in [6.45, 7) is -0.286. The Balaban J connectivity index is 2.09. The molecule has 0 bridgehead atoms. The van der Waals surface area contributed by atoms with Gasteiger partial charge in [0.05, 0.1) is 24.3 Å². The number of nitrogens with one attached hydrogen (secondary N) is 1. The van der Waals surface area contributed by atoms with Gasteiger partial charge in [0.25, 0.3) is 17.5 Å². The number of hydrogen-bond donors (Lipinski definition) is 3. The van der Waals surface area contributed by atoms with Crippen LogP contribution < -0.4 is 15.9 Å². The monoisotopic (exact) mass is 336 g/mol. The normalized spacial score (nSPS) is 10.7. The largest absolute Gasteiger partial charge is 0.504 e. The minimum Gasteiger partial charge on any atom is -0.504 e. The molecule has 126 valence electrons. The SMILES string of the molecule is COc1cc([N+](=O)[O-])cc(C=NNC(=O)Cn2nnc(N)n2)c1O. The molecule has 1 heterocycles. The second kappa shape index (κ2) is 6.99. The molecular formula is C11H12N8O5. The summed E-state index contributed by atoms with van der Waals surface area (Å²) in [7, 11) is 1.25. The number of ether oxygens (including phenoxy) is 1. The number of aromatic hydroxyl groups is 1. The fourth-order valence-electron chi connectivity index (χ4n) is 1.63. The Kier molecular flexibility index (Phi) is 4.84. The zero-order chi connectivity index (χ0) is 17.7. The number of carbonyl (C=O) groups is 1. The van der Waals surface area contributed by atoms with E-state index in [0.717, 1.165) is 23.1 Å². The van der Waals surface area contributed by atoms with Crippen molar-refractivity contribution in [3.63, 3.8) is 0 Å². The zero-order valence-electron chi connectivity index (χ0n) is 12.3. The van der Waals surface area contributed by atoms with Gasteiger partial charge in [-0.1, -0.05) is 5.10 Å². The summed E-state index contributed by atoms with van der Waals surface area (Å²) >= 11 is 0. The minimum atomic E-state index is -0.654. The summed E-state index contributed by atoms with van der Waals surface area (Å²) in [5.41, 5.74) is 7.08. The van der Waals surface area contributed by atoms with E-state index in [0.29, 0.717) is 0 Å². The number of benzene rings is 1. The predicted molar refractivity (Wildman–Crippen MR) is 79.3 cm³/mol. The van der Waals surface area contributed by atoms with Gasteiger partial charge in [-0.3, -0.25) is 14.9 Å². The number of phenols is 1. The highest BCUT2D eigenvalue weighted by atomic mass is 16.6. The molecule has 0 saturated carbocycles. The van der Waals surface area contributed by atoms with E-state index in [4.69, 9.17) is 10.5 Å². The van der Waals surface area contributed by atoms with E-state index >= 15 is 0 Å². The predicted octanol–water partition coefficient (Wildman–Crippen LogP) is -0.972. The summed E-state index contributed by atoms with van der Waals surface area (Å²) < 4.78 is 4.84. The second-order valence-electron chi connectivity index (χ2n) is 4.31. The van der Waals surface area contributed by atoms with Gasteiger partial charge in [0, 0.05) is 11.6 Å². The highest BCUT2D eigenvalue weighted by Gasteiger charge is 2.15. The number of nitro benzene ring substituents is 1. The lowest BCUT2D eigenvalue weighted by molar-refractivity contribution is -0.385. The summed E-state index contributed by atoms with van der Waals surface area (Å²) in [5.74, 6) is -1.13. The number of aromatic nitrogens is 4. The van der Waals surface area contributed by atoms with Gasteiger partial charge < -0.3 is 15.6 Å². The molecule has 1 aromatic heterocycles. The van der Waals surface area contributed by atoms with Gasteiger partial charge in [-0.05, 0) is 5.21 Å². The van der Waals surface area contributed by atoms with E-state index in [1.807, 2.05) is 0 Å². The third kappa shape index (κ3) is 3.90. The lowest BCUT2D eigenvalue weighted by Gasteiger charge is -2.05. The standard InChI is InChI=1S/C11H12N8O5/c1-24-8-3-7(19(22)23)2-6(10(8)21)4-13-14-9(20)5-18-16-11(12)15-17-18/h2-4,21H,5H2,1H3,(H2,12,16)(H,14,20).